The number of piperidine rings is 1. The van der Waals surface area contributed by atoms with Crippen LogP contribution >= 0.6 is 0 Å². The van der Waals surface area contributed by atoms with Crippen molar-refractivity contribution in [1.29, 1.82) is 0 Å². The summed E-state index contributed by atoms with van der Waals surface area (Å²) in [5.74, 6) is 0.231. The molecule has 3 aliphatic rings. The molecule has 1 saturated carbocycles. The average molecular weight is 502 g/mol. The molecule has 3 aromatic heterocycles. The number of nitrogens with one attached hydrogen (secondary N) is 3. The van der Waals surface area contributed by atoms with Crippen LogP contribution in [-0.2, 0) is 10.9 Å². The summed E-state index contributed by atoms with van der Waals surface area (Å²) in [6.07, 6.45) is 4.59. The Hall–Kier alpha value is -2.76. The van der Waals surface area contributed by atoms with Crippen molar-refractivity contribution < 1.29 is 17.9 Å². The number of hydrogen-bond donors (Lipinski definition) is 3. The van der Waals surface area contributed by atoms with Crippen LogP contribution in [0, 0.1) is 5.41 Å². The first-order valence-corrected chi connectivity index (χ1v) is 12.6. The Labute approximate surface area is 207 Å². The molecule has 3 fully saturated rings. The molecule has 3 aromatic rings. The van der Waals surface area contributed by atoms with Gasteiger partial charge in [0, 0.05) is 48.7 Å². The molecule has 1 spiro atoms. The SMILES string of the molecule is FC(F)(F)c1cnc(NC2CCC3(CCNCC3)C2)nc1-c1cn(C2CNCCO2)c2ncccc12. The van der Waals surface area contributed by atoms with Gasteiger partial charge in [0.2, 0.25) is 5.95 Å². The van der Waals surface area contributed by atoms with Gasteiger partial charge in [0.25, 0.3) is 0 Å². The van der Waals surface area contributed by atoms with Crippen molar-refractivity contribution in [2.24, 2.45) is 5.41 Å². The molecule has 2 saturated heterocycles. The highest BCUT2D eigenvalue weighted by Crippen LogP contribution is 2.46. The van der Waals surface area contributed by atoms with Crippen LogP contribution in [0.5, 0.6) is 0 Å². The van der Waals surface area contributed by atoms with Gasteiger partial charge in [-0.15, -0.1) is 0 Å². The van der Waals surface area contributed by atoms with Crippen molar-refractivity contribution in [1.82, 2.24) is 30.2 Å². The van der Waals surface area contributed by atoms with E-state index in [0.717, 1.165) is 57.9 Å². The molecule has 3 N–H and O–H groups in total. The number of aromatic nitrogens is 4. The molecule has 36 heavy (non-hydrogen) atoms. The van der Waals surface area contributed by atoms with Crippen LogP contribution in [0.15, 0.2) is 30.7 Å². The Morgan fingerprint density at radius 2 is 1.97 bits per heavy atom. The third-order valence-corrected chi connectivity index (χ3v) is 7.86. The molecule has 2 aliphatic heterocycles. The van der Waals surface area contributed by atoms with E-state index in [1.807, 2.05) is 0 Å². The minimum Gasteiger partial charge on any atom is -0.355 e. The van der Waals surface area contributed by atoms with Gasteiger partial charge in [0.05, 0.1) is 12.3 Å². The number of fused-ring (bicyclic) bond motifs is 1. The summed E-state index contributed by atoms with van der Waals surface area (Å²) >= 11 is 0. The van der Waals surface area contributed by atoms with Gasteiger partial charge in [-0.05, 0) is 62.7 Å². The molecule has 8 nitrogen and oxygen atoms in total. The number of morpholine rings is 1. The summed E-state index contributed by atoms with van der Waals surface area (Å²) in [6, 6.07) is 3.65. The van der Waals surface area contributed by atoms with Crippen molar-refractivity contribution in [2.45, 2.75) is 50.6 Å². The molecular formula is C25H30F3N7O. The Bertz CT molecular complexity index is 1230. The van der Waals surface area contributed by atoms with E-state index in [1.165, 1.54) is 0 Å². The standard InChI is InChI=1S/C25H30F3N7O/c26-25(27,28)19-13-32-23(33-16-3-4-24(12-16)5-8-29-9-6-24)34-21(19)18-15-35(20-14-30-10-11-36-20)22-17(18)2-1-7-31-22/h1-2,7,13,15-16,20,29-30H,3-6,8-12,14H2,(H,32,33,34). The van der Waals surface area contributed by atoms with E-state index >= 15 is 0 Å². The maximum absolute atomic E-state index is 14.1. The number of rotatable bonds is 4. The van der Waals surface area contributed by atoms with E-state index in [9.17, 15) is 13.2 Å². The number of anilines is 1. The molecule has 2 atom stereocenters. The maximum atomic E-state index is 14.1. The molecule has 0 aromatic carbocycles. The highest BCUT2D eigenvalue weighted by molar-refractivity contribution is 5.94. The molecule has 11 heteroatoms. The Kier molecular flexibility index (Phi) is 6.09. The molecule has 192 valence electrons. The third-order valence-electron chi connectivity index (χ3n) is 7.86. The highest BCUT2D eigenvalue weighted by atomic mass is 19.4. The van der Waals surface area contributed by atoms with Crippen molar-refractivity contribution >= 4 is 17.0 Å². The highest BCUT2D eigenvalue weighted by Gasteiger charge is 2.41. The van der Waals surface area contributed by atoms with Gasteiger partial charge >= 0.3 is 6.18 Å². The van der Waals surface area contributed by atoms with Crippen molar-refractivity contribution in [3.63, 3.8) is 0 Å². The quantitative estimate of drug-likeness (QED) is 0.499. The number of pyridine rings is 1. The fraction of sp³-hybridized carbons (Fsp3) is 0.560. The van der Waals surface area contributed by atoms with E-state index < -0.39 is 11.7 Å². The second-order valence-electron chi connectivity index (χ2n) is 10.1. The predicted octanol–water partition coefficient (Wildman–Crippen LogP) is 3.96. The molecule has 2 unspecified atom stereocenters. The first-order valence-electron chi connectivity index (χ1n) is 12.6. The number of ether oxygens (including phenoxy) is 1. The van der Waals surface area contributed by atoms with E-state index in [4.69, 9.17) is 4.74 Å². The Morgan fingerprint density at radius 1 is 1.11 bits per heavy atom. The Morgan fingerprint density at radius 3 is 2.75 bits per heavy atom. The van der Waals surface area contributed by atoms with Gasteiger partial charge in [-0.3, -0.25) is 0 Å². The summed E-state index contributed by atoms with van der Waals surface area (Å²) in [7, 11) is 0. The molecular weight excluding hydrogens is 471 g/mol. The summed E-state index contributed by atoms with van der Waals surface area (Å²) in [6.45, 7) is 3.83. The number of nitrogens with zero attached hydrogens (tertiary/aromatic N) is 4. The molecule has 0 radical (unpaired) electrons. The van der Waals surface area contributed by atoms with Crippen LogP contribution in [0.4, 0.5) is 19.1 Å². The van der Waals surface area contributed by atoms with Gasteiger partial charge in [0.15, 0.2) is 0 Å². The van der Waals surface area contributed by atoms with Crippen LogP contribution in [0.25, 0.3) is 22.3 Å². The van der Waals surface area contributed by atoms with Crippen LogP contribution in [0.1, 0.15) is 43.9 Å². The average Bonchev–Trinajstić information content (AvgIpc) is 3.46. The predicted molar refractivity (Wildman–Crippen MR) is 129 cm³/mol. The van der Waals surface area contributed by atoms with Gasteiger partial charge in [-0.2, -0.15) is 13.2 Å². The molecule has 1 aliphatic carbocycles. The molecule has 6 rings (SSSR count). The summed E-state index contributed by atoms with van der Waals surface area (Å²) in [5, 5.41) is 10.6. The van der Waals surface area contributed by atoms with Crippen LogP contribution < -0.4 is 16.0 Å². The first kappa shape index (κ1) is 23.6. The van der Waals surface area contributed by atoms with Gasteiger partial charge in [0.1, 0.15) is 17.4 Å². The topological polar surface area (TPSA) is 88.9 Å². The molecule has 5 heterocycles. The monoisotopic (exact) mass is 501 g/mol. The molecule has 0 bridgehead atoms. The zero-order valence-corrected chi connectivity index (χ0v) is 19.9. The zero-order valence-electron chi connectivity index (χ0n) is 19.9. The largest absolute Gasteiger partial charge is 0.419 e. The lowest BCUT2D eigenvalue weighted by atomic mass is 9.77. The van der Waals surface area contributed by atoms with Crippen LogP contribution in [0.2, 0.25) is 0 Å². The second kappa shape index (κ2) is 9.28. The van der Waals surface area contributed by atoms with E-state index in [0.29, 0.717) is 35.2 Å². The van der Waals surface area contributed by atoms with Gasteiger partial charge in [-0.25, -0.2) is 15.0 Å². The van der Waals surface area contributed by atoms with E-state index in [-0.39, 0.29) is 23.9 Å². The van der Waals surface area contributed by atoms with Crippen molar-refractivity contribution in [3.05, 3.63) is 36.3 Å². The number of hydrogen-bond acceptors (Lipinski definition) is 7. The van der Waals surface area contributed by atoms with Crippen LogP contribution in [0.3, 0.4) is 0 Å². The van der Waals surface area contributed by atoms with Crippen LogP contribution in [-0.4, -0.2) is 58.3 Å². The third kappa shape index (κ3) is 4.44. The van der Waals surface area contributed by atoms with Crippen molar-refractivity contribution in [3.8, 4) is 11.3 Å². The fourth-order valence-electron chi connectivity index (χ4n) is 6.01. The van der Waals surface area contributed by atoms with E-state index in [2.05, 4.69) is 30.9 Å². The lowest BCUT2D eigenvalue weighted by molar-refractivity contribution is -0.137. The lowest BCUT2D eigenvalue weighted by Gasteiger charge is -2.34. The fourth-order valence-corrected chi connectivity index (χ4v) is 6.01. The summed E-state index contributed by atoms with van der Waals surface area (Å²) < 4.78 is 50.0. The number of alkyl halides is 3. The van der Waals surface area contributed by atoms with Gasteiger partial charge in [-0.1, -0.05) is 0 Å². The maximum Gasteiger partial charge on any atom is 0.419 e. The summed E-state index contributed by atoms with van der Waals surface area (Å²) in [5.41, 5.74) is 0.234. The van der Waals surface area contributed by atoms with Gasteiger partial charge < -0.3 is 25.3 Å². The minimum atomic E-state index is -4.60. The lowest BCUT2D eigenvalue weighted by Crippen LogP contribution is -2.36. The zero-order chi connectivity index (χ0) is 24.8. The minimum absolute atomic E-state index is 0.143. The molecule has 0 amide bonds. The normalized spacial score (nSPS) is 24.4. The Balaban J connectivity index is 1.37. The second-order valence-corrected chi connectivity index (χ2v) is 10.1. The number of halogens is 3. The first-order chi connectivity index (χ1) is 17.4. The summed E-state index contributed by atoms with van der Waals surface area (Å²) in [4.78, 5) is 13.0. The van der Waals surface area contributed by atoms with Crippen molar-refractivity contribution in [2.75, 3.05) is 38.1 Å². The van der Waals surface area contributed by atoms with E-state index in [1.54, 1.807) is 29.1 Å². The smallest absolute Gasteiger partial charge is 0.355 e.